The largest absolute Gasteiger partial charge is 0.0992 e. The monoisotopic (exact) mass is 540 g/mol. The fourth-order valence-electron chi connectivity index (χ4n) is 5.14. The Kier molecular flexibility index (Phi) is 17.2. The molecule has 0 aromatic rings. The molecule has 1 aliphatic carbocycles. The third-order valence-electron chi connectivity index (χ3n) is 7.88. The number of rotatable bonds is 15. The van der Waals surface area contributed by atoms with E-state index in [4.69, 9.17) is 0 Å². The molecule has 0 radical (unpaired) electrons. The van der Waals surface area contributed by atoms with E-state index in [9.17, 15) is 0 Å². The molecule has 0 spiro atoms. The Hall–Kier alpha value is -2.60. The van der Waals surface area contributed by atoms with E-state index in [1.54, 1.807) is 0 Å². The van der Waals surface area contributed by atoms with E-state index in [1.807, 2.05) is 0 Å². The molecule has 1 unspecified atom stereocenters. The summed E-state index contributed by atoms with van der Waals surface area (Å²) in [4.78, 5) is 0. The van der Waals surface area contributed by atoms with Crippen LogP contribution in [-0.4, -0.2) is 0 Å². The van der Waals surface area contributed by atoms with Gasteiger partial charge in [-0.05, 0) is 112 Å². The fraction of sp³-hybridized carbons (Fsp3) is 0.500. The Labute approximate surface area is 249 Å². The van der Waals surface area contributed by atoms with Crippen LogP contribution in [-0.2, 0) is 0 Å². The Bertz CT molecular complexity index is 1060. The molecular weight excluding hydrogens is 480 g/mol. The van der Waals surface area contributed by atoms with E-state index < -0.39 is 0 Å². The number of hydrogen-bond donors (Lipinski definition) is 0. The van der Waals surface area contributed by atoms with Crippen LogP contribution in [0.5, 0.6) is 0 Å². The molecule has 0 bridgehead atoms. The second-order valence-corrected chi connectivity index (χ2v) is 12.9. The Balaban J connectivity index is 2.43. The lowest BCUT2D eigenvalue weighted by molar-refractivity contribution is 0.228. The summed E-state index contributed by atoms with van der Waals surface area (Å²) in [6, 6.07) is 0. The molecule has 1 aliphatic rings. The summed E-state index contributed by atoms with van der Waals surface area (Å²) in [6.45, 7) is 24.5. The zero-order valence-electron chi connectivity index (χ0n) is 27.6. The first-order chi connectivity index (χ1) is 18.9. The summed E-state index contributed by atoms with van der Waals surface area (Å²) in [5.74, 6) is 0.483. The van der Waals surface area contributed by atoms with Gasteiger partial charge >= 0.3 is 0 Å². The molecule has 0 aromatic carbocycles. The number of hydrogen-bond acceptors (Lipinski definition) is 0. The van der Waals surface area contributed by atoms with E-state index >= 15 is 0 Å². The standard InChI is InChI=1S/C40H60/c1-32(2)18-13-21-35(5)24-15-26-36(6)25-14-22-33(3)19-11-12-20-34(4)23-16-27-37(7)29-30-39-38(8)28-17-31-40(39,9)10/h11-12,16,18-20,23-25,27,29-30,39H,8,13-15,17,21-22,26,28,31H2,1-7,9-10H3/b12-11+,23-16+,30-29+,33-19+,34-20+,35-24+,36-25+,37-27+. The van der Waals surface area contributed by atoms with Crippen molar-refractivity contribution in [3.05, 3.63) is 119 Å². The van der Waals surface area contributed by atoms with Crippen LogP contribution < -0.4 is 0 Å². The van der Waals surface area contributed by atoms with Crippen molar-refractivity contribution in [3.8, 4) is 0 Å². The first-order valence-electron chi connectivity index (χ1n) is 15.6. The van der Waals surface area contributed by atoms with Crippen LogP contribution in [0, 0.1) is 11.3 Å². The van der Waals surface area contributed by atoms with Gasteiger partial charge in [-0.2, -0.15) is 0 Å². The molecule has 0 nitrogen and oxygen atoms in total. The minimum atomic E-state index is 0.317. The molecule has 0 heterocycles. The highest BCUT2D eigenvalue weighted by Gasteiger charge is 2.32. The van der Waals surface area contributed by atoms with E-state index in [1.165, 1.54) is 71.1 Å². The maximum absolute atomic E-state index is 4.34. The lowest BCUT2D eigenvalue weighted by Crippen LogP contribution is -2.27. The molecule has 0 heteroatoms. The van der Waals surface area contributed by atoms with Crippen molar-refractivity contribution >= 4 is 0 Å². The fourth-order valence-corrected chi connectivity index (χ4v) is 5.14. The minimum Gasteiger partial charge on any atom is -0.0992 e. The van der Waals surface area contributed by atoms with Gasteiger partial charge in [-0.25, -0.2) is 0 Å². The lowest BCUT2D eigenvalue weighted by atomic mass is 9.66. The molecule has 1 atom stereocenters. The van der Waals surface area contributed by atoms with Gasteiger partial charge < -0.3 is 0 Å². The van der Waals surface area contributed by atoms with Gasteiger partial charge in [-0.1, -0.05) is 132 Å². The van der Waals surface area contributed by atoms with Crippen molar-refractivity contribution in [1.82, 2.24) is 0 Å². The van der Waals surface area contributed by atoms with Gasteiger partial charge in [0, 0.05) is 5.92 Å². The second-order valence-electron chi connectivity index (χ2n) is 12.9. The first-order valence-corrected chi connectivity index (χ1v) is 15.6. The van der Waals surface area contributed by atoms with Gasteiger partial charge in [0.25, 0.3) is 0 Å². The molecule has 0 aromatic heterocycles. The van der Waals surface area contributed by atoms with Crippen LogP contribution in [0.3, 0.4) is 0 Å². The maximum Gasteiger partial charge on any atom is 0.00285 e. The Morgan fingerprint density at radius 3 is 1.82 bits per heavy atom. The summed E-state index contributed by atoms with van der Waals surface area (Å²) >= 11 is 0. The average molecular weight is 541 g/mol. The topological polar surface area (TPSA) is 0 Å². The van der Waals surface area contributed by atoms with Crippen molar-refractivity contribution in [3.63, 3.8) is 0 Å². The van der Waals surface area contributed by atoms with Crippen molar-refractivity contribution < 1.29 is 0 Å². The Morgan fingerprint density at radius 2 is 1.23 bits per heavy atom. The van der Waals surface area contributed by atoms with Gasteiger partial charge in [-0.15, -0.1) is 0 Å². The van der Waals surface area contributed by atoms with Crippen molar-refractivity contribution in [2.45, 2.75) is 120 Å². The predicted octanol–water partition coefficient (Wildman–Crippen LogP) is 13.1. The van der Waals surface area contributed by atoms with Gasteiger partial charge in [0.15, 0.2) is 0 Å². The summed E-state index contributed by atoms with van der Waals surface area (Å²) in [7, 11) is 0. The molecule has 0 aliphatic heterocycles. The van der Waals surface area contributed by atoms with Gasteiger partial charge in [0.1, 0.15) is 0 Å². The SMILES string of the molecule is C=C1CCCC(C)(C)C1/C=C/C(C)=C/C=C/C(C)=C/C=C/C=C(\C)CC/C=C(\C)CC/C=C(\C)CCC=C(C)C. The number of allylic oxidation sites excluding steroid dienone is 19. The smallest absolute Gasteiger partial charge is 0.00285 e. The highest BCUT2D eigenvalue weighted by atomic mass is 14.4. The molecule has 0 amide bonds. The lowest BCUT2D eigenvalue weighted by Gasteiger charge is -2.38. The Morgan fingerprint density at radius 1 is 0.700 bits per heavy atom. The second kappa shape index (κ2) is 19.5. The first kappa shape index (κ1) is 35.4. The molecule has 0 N–H and O–H groups in total. The van der Waals surface area contributed by atoms with E-state index in [2.05, 4.69) is 142 Å². The third-order valence-corrected chi connectivity index (χ3v) is 7.88. The molecule has 0 saturated heterocycles. The van der Waals surface area contributed by atoms with Crippen LogP contribution in [0.25, 0.3) is 0 Å². The van der Waals surface area contributed by atoms with Gasteiger partial charge in [-0.3, -0.25) is 0 Å². The van der Waals surface area contributed by atoms with Gasteiger partial charge in [0.05, 0.1) is 0 Å². The normalized spacial score (nSPS) is 19.9. The van der Waals surface area contributed by atoms with E-state index in [0.717, 1.165) is 25.7 Å². The molecule has 1 fully saturated rings. The third kappa shape index (κ3) is 16.5. The van der Waals surface area contributed by atoms with E-state index in [0.29, 0.717) is 11.3 Å². The zero-order chi connectivity index (χ0) is 30.0. The van der Waals surface area contributed by atoms with Crippen molar-refractivity contribution in [2.75, 3.05) is 0 Å². The van der Waals surface area contributed by atoms with Crippen LogP contribution >= 0.6 is 0 Å². The summed E-state index contributed by atoms with van der Waals surface area (Å²) in [5, 5.41) is 0. The summed E-state index contributed by atoms with van der Waals surface area (Å²) < 4.78 is 0. The zero-order valence-corrected chi connectivity index (χ0v) is 27.6. The van der Waals surface area contributed by atoms with Gasteiger partial charge in [0.2, 0.25) is 0 Å². The minimum absolute atomic E-state index is 0.317. The quantitative estimate of drug-likeness (QED) is 0.143. The molecule has 1 saturated carbocycles. The van der Waals surface area contributed by atoms with Crippen LogP contribution in [0.15, 0.2) is 119 Å². The van der Waals surface area contributed by atoms with Crippen molar-refractivity contribution in [2.24, 2.45) is 11.3 Å². The van der Waals surface area contributed by atoms with Crippen LogP contribution in [0.1, 0.15) is 120 Å². The maximum atomic E-state index is 4.34. The molecular formula is C40H60. The van der Waals surface area contributed by atoms with Crippen LogP contribution in [0.2, 0.25) is 0 Å². The van der Waals surface area contributed by atoms with Crippen molar-refractivity contribution in [1.29, 1.82) is 0 Å². The molecule has 40 heavy (non-hydrogen) atoms. The molecule has 220 valence electrons. The predicted molar refractivity (Wildman–Crippen MR) is 184 cm³/mol. The van der Waals surface area contributed by atoms with E-state index in [-0.39, 0.29) is 0 Å². The average Bonchev–Trinajstić information content (AvgIpc) is 2.85. The summed E-state index contributed by atoms with van der Waals surface area (Å²) in [5.41, 5.74) is 10.1. The molecule has 1 rings (SSSR count). The highest BCUT2D eigenvalue weighted by molar-refractivity contribution is 5.30. The summed E-state index contributed by atoms with van der Waals surface area (Å²) in [6.07, 6.45) is 37.7. The highest BCUT2D eigenvalue weighted by Crippen LogP contribution is 2.43. The van der Waals surface area contributed by atoms with Crippen LogP contribution in [0.4, 0.5) is 0 Å².